The first-order chi connectivity index (χ1) is 9.26. The molecule has 8 heteroatoms. The van der Waals surface area contributed by atoms with E-state index in [9.17, 15) is 13.2 Å². The van der Waals surface area contributed by atoms with Gasteiger partial charge >= 0.3 is 6.36 Å². The zero-order valence-corrected chi connectivity index (χ0v) is 14.3. The van der Waals surface area contributed by atoms with Crippen LogP contribution in [0.25, 0.3) is 0 Å². The summed E-state index contributed by atoms with van der Waals surface area (Å²) in [5.41, 5.74) is 0.810. The Morgan fingerprint density at radius 1 is 1.20 bits per heavy atom. The Labute approximate surface area is 139 Å². The van der Waals surface area contributed by atoms with E-state index in [4.69, 9.17) is 11.6 Å². The minimum Gasteiger partial charge on any atom is -0.406 e. The molecule has 1 aromatic carbocycles. The molecular formula is C12H6Br2ClF3OS. The van der Waals surface area contributed by atoms with Crippen LogP contribution >= 0.6 is 54.8 Å². The molecule has 0 amide bonds. The van der Waals surface area contributed by atoms with Crippen LogP contribution in [0.5, 0.6) is 5.75 Å². The molecule has 0 aliphatic rings. The van der Waals surface area contributed by atoms with E-state index in [2.05, 4.69) is 36.6 Å². The Morgan fingerprint density at radius 2 is 1.80 bits per heavy atom. The average molecular weight is 451 g/mol. The van der Waals surface area contributed by atoms with Gasteiger partial charge in [-0.05, 0) is 39.7 Å². The van der Waals surface area contributed by atoms with Crippen LogP contribution in [0.3, 0.4) is 0 Å². The molecule has 0 spiro atoms. The number of rotatable bonds is 3. The lowest BCUT2D eigenvalue weighted by atomic mass is 10.1. The topological polar surface area (TPSA) is 9.23 Å². The van der Waals surface area contributed by atoms with E-state index in [1.165, 1.54) is 23.5 Å². The van der Waals surface area contributed by atoms with Gasteiger partial charge < -0.3 is 4.74 Å². The van der Waals surface area contributed by atoms with Crippen molar-refractivity contribution in [2.24, 2.45) is 0 Å². The Balaban J connectivity index is 2.17. The van der Waals surface area contributed by atoms with Crippen LogP contribution in [0.15, 0.2) is 34.1 Å². The van der Waals surface area contributed by atoms with Crippen molar-refractivity contribution in [3.63, 3.8) is 0 Å². The van der Waals surface area contributed by atoms with Gasteiger partial charge in [-0.2, -0.15) is 0 Å². The zero-order valence-electron chi connectivity index (χ0n) is 9.55. The highest BCUT2D eigenvalue weighted by Crippen LogP contribution is 2.41. The van der Waals surface area contributed by atoms with E-state index in [1.807, 2.05) is 0 Å². The average Bonchev–Trinajstić information content (AvgIpc) is 2.68. The Kier molecular flexibility index (Phi) is 5.05. The third kappa shape index (κ3) is 4.13. The van der Waals surface area contributed by atoms with Gasteiger partial charge in [0.1, 0.15) is 5.75 Å². The van der Waals surface area contributed by atoms with E-state index in [-0.39, 0.29) is 10.6 Å². The molecule has 0 fully saturated rings. The third-order valence-electron chi connectivity index (χ3n) is 2.32. The van der Waals surface area contributed by atoms with Gasteiger partial charge in [-0.1, -0.05) is 39.7 Å². The van der Waals surface area contributed by atoms with Crippen LogP contribution in [0.2, 0.25) is 5.02 Å². The van der Waals surface area contributed by atoms with Gasteiger partial charge in [0, 0.05) is 4.88 Å². The lowest BCUT2D eigenvalue weighted by molar-refractivity contribution is -0.274. The van der Waals surface area contributed by atoms with Crippen molar-refractivity contribution in [2.75, 3.05) is 0 Å². The zero-order chi connectivity index (χ0) is 14.9. The lowest BCUT2D eigenvalue weighted by Crippen LogP contribution is -2.17. The van der Waals surface area contributed by atoms with Gasteiger partial charge in [0.15, 0.2) is 0 Å². The first-order valence-corrected chi connectivity index (χ1v) is 8.11. The maximum absolute atomic E-state index is 12.1. The predicted molar refractivity (Wildman–Crippen MR) is 80.9 cm³/mol. The summed E-state index contributed by atoms with van der Waals surface area (Å²) in [7, 11) is 0. The van der Waals surface area contributed by atoms with Crippen LogP contribution < -0.4 is 4.74 Å². The molecule has 0 bridgehead atoms. The molecule has 2 rings (SSSR count). The Morgan fingerprint density at radius 3 is 2.25 bits per heavy atom. The fourth-order valence-electron chi connectivity index (χ4n) is 1.49. The summed E-state index contributed by atoms with van der Waals surface area (Å²) in [6, 6.07) is 7.50. The normalized spacial score (nSPS) is 13.3. The number of alkyl halides is 4. The van der Waals surface area contributed by atoms with Crippen LogP contribution in [0, 0.1) is 0 Å². The second kappa shape index (κ2) is 6.25. The molecule has 2 aromatic rings. The molecule has 108 valence electrons. The maximum atomic E-state index is 12.1. The van der Waals surface area contributed by atoms with E-state index in [1.54, 1.807) is 18.2 Å². The fraction of sp³-hybridized carbons (Fsp3) is 0.167. The molecular weight excluding hydrogens is 444 g/mol. The number of hydrogen-bond donors (Lipinski definition) is 0. The minimum atomic E-state index is -4.68. The molecule has 0 aliphatic heterocycles. The molecule has 0 radical (unpaired) electrons. The molecule has 1 heterocycles. The molecule has 1 aromatic heterocycles. The van der Waals surface area contributed by atoms with E-state index >= 15 is 0 Å². The van der Waals surface area contributed by atoms with Crippen LogP contribution in [0.4, 0.5) is 13.2 Å². The third-order valence-corrected chi connectivity index (χ3v) is 6.18. The van der Waals surface area contributed by atoms with Gasteiger partial charge in [0.25, 0.3) is 0 Å². The first-order valence-electron chi connectivity index (χ1n) is 5.21. The lowest BCUT2D eigenvalue weighted by Gasteiger charge is -2.11. The number of ether oxygens (including phenoxy) is 1. The molecule has 1 nitrogen and oxygen atoms in total. The second-order valence-corrected chi connectivity index (χ2v) is 7.47. The largest absolute Gasteiger partial charge is 0.573 e. The summed E-state index contributed by atoms with van der Waals surface area (Å²) in [6.45, 7) is 0. The minimum absolute atomic E-state index is 0.142. The van der Waals surface area contributed by atoms with Crippen molar-refractivity contribution in [1.82, 2.24) is 0 Å². The Hall–Kier alpha value is -0.240. The number of benzene rings is 1. The summed E-state index contributed by atoms with van der Waals surface area (Å²) >= 11 is 14.2. The monoisotopic (exact) mass is 448 g/mol. The molecule has 1 atom stereocenters. The first kappa shape index (κ1) is 16.1. The summed E-state index contributed by atoms with van der Waals surface area (Å²) < 4.78 is 40.8. The Bertz CT molecular complexity index is 578. The highest BCUT2D eigenvalue weighted by molar-refractivity contribution is 9.11. The van der Waals surface area contributed by atoms with Gasteiger partial charge in [-0.15, -0.1) is 24.5 Å². The van der Waals surface area contributed by atoms with Gasteiger partial charge in [-0.25, -0.2) is 0 Å². The quantitative estimate of drug-likeness (QED) is 0.482. The van der Waals surface area contributed by atoms with Crippen molar-refractivity contribution in [2.45, 2.75) is 11.2 Å². The van der Waals surface area contributed by atoms with E-state index < -0.39 is 6.36 Å². The molecule has 1 unspecified atom stereocenters. The number of hydrogen-bond acceptors (Lipinski definition) is 2. The van der Waals surface area contributed by atoms with Gasteiger partial charge in [0.2, 0.25) is 0 Å². The van der Waals surface area contributed by atoms with Crippen molar-refractivity contribution in [3.8, 4) is 5.75 Å². The van der Waals surface area contributed by atoms with E-state index in [0.717, 1.165) is 14.2 Å². The standard InChI is InChI=1S/C12H6Br2ClF3OS/c13-10(9-5-8(15)11(14)20-9)6-1-3-7(4-2-6)19-12(16,17)18/h1-5,10H. The van der Waals surface area contributed by atoms with Gasteiger partial charge in [-0.3, -0.25) is 0 Å². The van der Waals surface area contributed by atoms with Crippen LogP contribution in [-0.2, 0) is 0 Å². The van der Waals surface area contributed by atoms with Crippen LogP contribution in [-0.4, -0.2) is 6.36 Å². The molecule has 0 saturated carbocycles. The van der Waals surface area contributed by atoms with Crippen molar-refractivity contribution >= 4 is 54.8 Å². The predicted octanol–water partition coefficient (Wildman–Crippen LogP) is 6.55. The highest BCUT2D eigenvalue weighted by atomic mass is 79.9. The SMILES string of the molecule is FC(F)(F)Oc1ccc(C(Br)c2cc(Cl)c(Br)s2)cc1. The smallest absolute Gasteiger partial charge is 0.406 e. The molecule has 0 aliphatic carbocycles. The van der Waals surface area contributed by atoms with Crippen molar-refractivity contribution in [1.29, 1.82) is 0 Å². The fourth-order valence-corrected chi connectivity index (χ4v) is 3.96. The molecule has 20 heavy (non-hydrogen) atoms. The summed E-state index contributed by atoms with van der Waals surface area (Å²) in [6.07, 6.45) is -4.68. The summed E-state index contributed by atoms with van der Waals surface area (Å²) in [4.78, 5) is 0.808. The van der Waals surface area contributed by atoms with E-state index in [0.29, 0.717) is 5.02 Å². The number of thiophene rings is 1. The van der Waals surface area contributed by atoms with Crippen LogP contribution in [0.1, 0.15) is 15.3 Å². The maximum Gasteiger partial charge on any atom is 0.573 e. The summed E-state index contributed by atoms with van der Waals surface area (Å²) in [5, 5.41) is 0.603. The van der Waals surface area contributed by atoms with Crippen molar-refractivity contribution < 1.29 is 17.9 Å². The second-order valence-electron chi connectivity index (χ2n) is 3.75. The molecule has 0 N–H and O–H groups in total. The van der Waals surface area contributed by atoms with Crippen molar-refractivity contribution in [3.05, 3.63) is 49.6 Å². The number of halogens is 6. The molecule has 0 saturated heterocycles. The summed E-state index contributed by atoms with van der Waals surface area (Å²) in [5.74, 6) is -0.244. The highest BCUT2D eigenvalue weighted by Gasteiger charge is 2.31. The van der Waals surface area contributed by atoms with Gasteiger partial charge in [0.05, 0.1) is 13.6 Å².